The van der Waals surface area contributed by atoms with E-state index in [-0.39, 0.29) is 28.4 Å². The van der Waals surface area contributed by atoms with Gasteiger partial charge in [0.05, 0.1) is 16.8 Å². The number of piperidine rings is 1. The lowest BCUT2D eigenvalue weighted by Gasteiger charge is -2.31. The molecule has 9 heteroatoms. The lowest BCUT2D eigenvalue weighted by molar-refractivity contribution is -0.121. The average Bonchev–Trinajstić information content (AvgIpc) is 3.26. The molecular weight excluding hydrogens is 426 g/mol. The first-order valence-corrected chi connectivity index (χ1v) is 10.1. The number of nitrogens with one attached hydrogen (secondary N) is 1. The van der Waals surface area contributed by atoms with Crippen molar-refractivity contribution in [2.24, 2.45) is 5.92 Å². The molecule has 31 heavy (non-hydrogen) atoms. The highest BCUT2D eigenvalue weighted by Crippen LogP contribution is 2.24. The van der Waals surface area contributed by atoms with Crippen molar-refractivity contribution in [1.29, 1.82) is 0 Å². The lowest BCUT2D eigenvalue weighted by atomic mass is 9.95. The van der Waals surface area contributed by atoms with Gasteiger partial charge < -0.3 is 10.2 Å². The number of benzene rings is 2. The molecule has 0 bridgehead atoms. The largest absolute Gasteiger partial charge is 0.339 e. The van der Waals surface area contributed by atoms with E-state index < -0.39 is 11.6 Å². The van der Waals surface area contributed by atoms with E-state index in [1.807, 2.05) is 0 Å². The highest BCUT2D eigenvalue weighted by atomic mass is 35.5. The van der Waals surface area contributed by atoms with Gasteiger partial charge in [-0.1, -0.05) is 23.7 Å². The lowest BCUT2D eigenvalue weighted by Crippen LogP contribution is -2.41. The number of rotatable bonds is 4. The normalized spacial score (nSPS) is 14.5. The summed E-state index contributed by atoms with van der Waals surface area (Å²) in [6.07, 6.45) is 3.89. The van der Waals surface area contributed by atoms with Gasteiger partial charge in [0.15, 0.2) is 0 Å². The van der Waals surface area contributed by atoms with E-state index in [2.05, 4.69) is 10.4 Å². The summed E-state index contributed by atoms with van der Waals surface area (Å²) >= 11 is 5.75. The molecule has 1 N–H and O–H groups in total. The average molecular weight is 445 g/mol. The summed E-state index contributed by atoms with van der Waals surface area (Å²) in [5.41, 5.74) is 1.04. The molecule has 1 aliphatic heterocycles. The maximum atomic E-state index is 13.9. The second kappa shape index (κ2) is 8.85. The van der Waals surface area contributed by atoms with Gasteiger partial charge in [0.1, 0.15) is 17.3 Å². The molecule has 2 amide bonds. The van der Waals surface area contributed by atoms with Crippen LogP contribution in [-0.2, 0) is 4.79 Å². The van der Waals surface area contributed by atoms with Crippen LogP contribution in [-0.4, -0.2) is 39.6 Å². The Bertz CT molecular complexity index is 1130. The summed E-state index contributed by atoms with van der Waals surface area (Å²) in [5.74, 6) is -1.66. The van der Waals surface area contributed by atoms with Crippen molar-refractivity contribution < 1.29 is 18.4 Å². The number of hydrogen-bond donors (Lipinski definition) is 1. The molecule has 4 rings (SSSR count). The fourth-order valence-corrected chi connectivity index (χ4v) is 3.73. The smallest absolute Gasteiger partial charge is 0.257 e. The van der Waals surface area contributed by atoms with Crippen LogP contribution in [0.4, 0.5) is 14.5 Å². The first-order chi connectivity index (χ1) is 14.9. The first-order valence-electron chi connectivity index (χ1n) is 9.77. The molecule has 160 valence electrons. The Morgan fingerprint density at radius 2 is 1.81 bits per heavy atom. The van der Waals surface area contributed by atoms with Crippen molar-refractivity contribution in [3.8, 4) is 5.69 Å². The van der Waals surface area contributed by atoms with E-state index in [4.69, 9.17) is 11.6 Å². The molecule has 0 atom stereocenters. The number of carbonyl (C=O) groups excluding carboxylic acids is 2. The molecule has 1 fully saturated rings. The summed E-state index contributed by atoms with van der Waals surface area (Å²) in [7, 11) is 0. The minimum atomic E-state index is -0.551. The van der Waals surface area contributed by atoms with Crippen LogP contribution < -0.4 is 5.32 Å². The predicted octanol–water partition coefficient (Wildman–Crippen LogP) is 4.29. The summed E-state index contributed by atoms with van der Waals surface area (Å²) in [4.78, 5) is 27.0. The van der Waals surface area contributed by atoms with Gasteiger partial charge in [-0.3, -0.25) is 9.59 Å². The van der Waals surface area contributed by atoms with Gasteiger partial charge in [-0.25, -0.2) is 13.5 Å². The Balaban J connectivity index is 1.35. The number of nitrogens with zero attached hydrogens (tertiary/aromatic N) is 3. The second-order valence-electron chi connectivity index (χ2n) is 7.31. The van der Waals surface area contributed by atoms with Gasteiger partial charge in [-0.05, 0) is 43.2 Å². The van der Waals surface area contributed by atoms with Crippen molar-refractivity contribution in [3.05, 3.63) is 77.1 Å². The third-order valence-electron chi connectivity index (χ3n) is 5.27. The summed E-state index contributed by atoms with van der Waals surface area (Å²) < 4.78 is 28.5. The van der Waals surface area contributed by atoms with E-state index in [0.717, 1.165) is 0 Å². The maximum absolute atomic E-state index is 13.9. The number of likely N-dealkylation sites (tertiary alicyclic amines) is 1. The Labute approximate surface area is 182 Å². The van der Waals surface area contributed by atoms with E-state index in [1.165, 1.54) is 41.3 Å². The van der Waals surface area contributed by atoms with Crippen molar-refractivity contribution in [1.82, 2.24) is 14.7 Å². The monoisotopic (exact) mass is 444 g/mol. The number of carbonyl (C=O) groups is 2. The molecule has 1 aromatic heterocycles. The first kappa shape index (κ1) is 21.0. The molecule has 1 saturated heterocycles. The highest BCUT2D eigenvalue weighted by molar-refractivity contribution is 6.31. The zero-order valence-electron chi connectivity index (χ0n) is 16.4. The Morgan fingerprint density at radius 1 is 1.06 bits per heavy atom. The minimum absolute atomic E-state index is 0.0610. The van der Waals surface area contributed by atoms with Crippen molar-refractivity contribution in [2.75, 3.05) is 18.4 Å². The zero-order chi connectivity index (χ0) is 22.0. The SMILES string of the molecule is O=C(Nc1ccc(F)c(Cl)c1)C1CCN(C(=O)c2cnn(-c3ccccc3F)c2)CC1. The molecule has 2 heterocycles. The molecule has 0 unspecified atom stereocenters. The van der Waals surface area contributed by atoms with Crippen molar-refractivity contribution >= 4 is 29.1 Å². The molecule has 0 spiro atoms. The summed E-state index contributed by atoms with van der Waals surface area (Å²) in [6.45, 7) is 0.817. The predicted molar refractivity (Wildman–Crippen MR) is 112 cm³/mol. The van der Waals surface area contributed by atoms with Crippen LogP contribution in [0.1, 0.15) is 23.2 Å². The van der Waals surface area contributed by atoms with E-state index in [0.29, 0.717) is 37.2 Å². The minimum Gasteiger partial charge on any atom is -0.339 e. The van der Waals surface area contributed by atoms with Crippen LogP contribution in [0.5, 0.6) is 0 Å². The van der Waals surface area contributed by atoms with Gasteiger partial charge >= 0.3 is 0 Å². The zero-order valence-corrected chi connectivity index (χ0v) is 17.1. The number of amides is 2. The van der Waals surface area contributed by atoms with E-state index >= 15 is 0 Å². The molecule has 0 aliphatic carbocycles. The van der Waals surface area contributed by atoms with Gasteiger partial charge in [-0.2, -0.15) is 5.10 Å². The van der Waals surface area contributed by atoms with E-state index in [9.17, 15) is 18.4 Å². The van der Waals surface area contributed by atoms with Crippen LogP contribution in [0.15, 0.2) is 54.9 Å². The highest BCUT2D eigenvalue weighted by Gasteiger charge is 2.28. The summed E-state index contributed by atoms with van der Waals surface area (Å²) in [5, 5.41) is 6.77. The molecule has 1 aliphatic rings. The third-order valence-corrected chi connectivity index (χ3v) is 5.56. The van der Waals surface area contributed by atoms with Crippen LogP contribution in [0.2, 0.25) is 5.02 Å². The van der Waals surface area contributed by atoms with Crippen LogP contribution in [0.25, 0.3) is 5.69 Å². The topological polar surface area (TPSA) is 67.2 Å². The van der Waals surface area contributed by atoms with Crippen LogP contribution in [0.3, 0.4) is 0 Å². The van der Waals surface area contributed by atoms with Crippen molar-refractivity contribution in [2.45, 2.75) is 12.8 Å². The van der Waals surface area contributed by atoms with Gasteiger partial charge in [0, 0.05) is 30.9 Å². The molecule has 3 aromatic rings. The number of anilines is 1. The van der Waals surface area contributed by atoms with Crippen molar-refractivity contribution in [3.63, 3.8) is 0 Å². The van der Waals surface area contributed by atoms with Gasteiger partial charge in [0.2, 0.25) is 5.91 Å². The number of hydrogen-bond acceptors (Lipinski definition) is 3. The molecular formula is C22H19ClF2N4O2. The maximum Gasteiger partial charge on any atom is 0.257 e. The van der Waals surface area contributed by atoms with E-state index in [1.54, 1.807) is 23.1 Å². The fourth-order valence-electron chi connectivity index (χ4n) is 3.55. The Hall–Kier alpha value is -3.26. The van der Waals surface area contributed by atoms with Gasteiger partial charge in [0.25, 0.3) is 5.91 Å². The quantitative estimate of drug-likeness (QED) is 0.652. The second-order valence-corrected chi connectivity index (χ2v) is 7.72. The Morgan fingerprint density at radius 3 is 2.52 bits per heavy atom. The third kappa shape index (κ3) is 4.59. The van der Waals surface area contributed by atoms with Crippen LogP contribution >= 0.6 is 11.6 Å². The Kier molecular flexibility index (Phi) is 5.99. The summed E-state index contributed by atoms with van der Waals surface area (Å²) in [6, 6.07) is 10.2. The number of para-hydroxylation sites is 1. The van der Waals surface area contributed by atoms with Gasteiger partial charge in [-0.15, -0.1) is 0 Å². The van der Waals surface area contributed by atoms with Crippen LogP contribution in [0, 0.1) is 17.6 Å². The molecule has 2 aromatic carbocycles. The molecule has 0 saturated carbocycles. The fraction of sp³-hybridized carbons (Fsp3) is 0.227. The number of aromatic nitrogens is 2. The standard InChI is InChI=1S/C22H19ClF2N4O2/c23-17-11-16(5-6-18(17)24)27-21(30)14-7-9-28(10-8-14)22(31)15-12-26-29(13-15)20-4-2-1-3-19(20)25/h1-6,11-14H,7-10H2,(H,27,30). The molecule has 6 nitrogen and oxygen atoms in total. The molecule has 0 radical (unpaired) electrons. The number of halogens is 3.